The van der Waals surface area contributed by atoms with Gasteiger partial charge in [-0.2, -0.15) is 0 Å². The highest BCUT2D eigenvalue weighted by molar-refractivity contribution is 6.33. The number of carboxylic acid groups (broad SMARTS) is 1. The van der Waals surface area contributed by atoms with Gasteiger partial charge in [-0.05, 0) is 31.0 Å². The normalized spacial score (nSPS) is 16.0. The summed E-state index contributed by atoms with van der Waals surface area (Å²) in [6, 6.07) is 3.96. The highest BCUT2D eigenvalue weighted by Crippen LogP contribution is 2.21. The van der Waals surface area contributed by atoms with Gasteiger partial charge in [0.15, 0.2) is 0 Å². The maximum atomic E-state index is 12.0. The third-order valence-corrected chi connectivity index (χ3v) is 3.52. The minimum Gasteiger partial charge on any atom is -0.478 e. The number of aliphatic hydroxyl groups excluding tert-OH is 1. The second-order valence-corrected chi connectivity index (χ2v) is 5.06. The van der Waals surface area contributed by atoms with Crippen LogP contribution in [0.3, 0.4) is 0 Å². The Bertz CT molecular complexity index is 527. The maximum Gasteiger partial charge on any atom is 0.337 e. The number of likely N-dealkylation sites (tertiary alicyclic amines) is 1. The van der Waals surface area contributed by atoms with Gasteiger partial charge in [0.25, 0.3) is 0 Å². The molecular weight excluding hydrogens is 284 g/mol. The molecule has 1 heterocycles. The molecule has 2 rings (SSSR count). The van der Waals surface area contributed by atoms with Crippen molar-refractivity contribution in [1.82, 2.24) is 4.90 Å². The number of halogens is 1. The lowest BCUT2D eigenvalue weighted by Gasteiger charge is -2.29. The Balaban J connectivity index is 2.01. The van der Waals surface area contributed by atoms with Gasteiger partial charge < -0.3 is 20.4 Å². The molecule has 1 aromatic rings. The van der Waals surface area contributed by atoms with Crippen LogP contribution in [-0.2, 0) is 0 Å². The number of aromatic carboxylic acids is 1. The number of amides is 2. The maximum absolute atomic E-state index is 12.0. The summed E-state index contributed by atoms with van der Waals surface area (Å²) in [6.45, 7) is 0.988. The number of carbonyl (C=O) groups is 2. The topological polar surface area (TPSA) is 89.9 Å². The quantitative estimate of drug-likeness (QED) is 0.779. The highest BCUT2D eigenvalue weighted by atomic mass is 35.5. The van der Waals surface area contributed by atoms with Crippen LogP contribution in [0, 0.1) is 0 Å². The molecule has 0 saturated carbocycles. The molecule has 0 aliphatic carbocycles. The smallest absolute Gasteiger partial charge is 0.337 e. The number of nitrogens with zero attached hydrogens (tertiary/aromatic N) is 1. The van der Waals surface area contributed by atoms with E-state index >= 15 is 0 Å². The molecule has 1 aromatic carbocycles. The molecule has 1 fully saturated rings. The number of anilines is 1. The third kappa shape index (κ3) is 3.40. The van der Waals surface area contributed by atoms with Crippen LogP contribution in [0.1, 0.15) is 23.2 Å². The minimum atomic E-state index is -1.11. The molecule has 1 aliphatic rings. The number of hydrogen-bond acceptors (Lipinski definition) is 3. The van der Waals surface area contributed by atoms with Crippen LogP contribution in [0.5, 0.6) is 0 Å². The van der Waals surface area contributed by atoms with Gasteiger partial charge in [0, 0.05) is 18.8 Å². The van der Waals surface area contributed by atoms with Crippen molar-refractivity contribution in [3.63, 3.8) is 0 Å². The molecule has 0 radical (unpaired) electrons. The van der Waals surface area contributed by atoms with E-state index in [1.165, 1.54) is 18.2 Å². The monoisotopic (exact) mass is 298 g/mol. The number of urea groups is 1. The summed E-state index contributed by atoms with van der Waals surface area (Å²) in [4.78, 5) is 24.4. The summed E-state index contributed by atoms with van der Waals surface area (Å²) >= 11 is 5.83. The molecule has 2 amide bonds. The van der Waals surface area contributed by atoms with E-state index in [0.29, 0.717) is 31.6 Å². The average Bonchev–Trinajstić information content (AvgIpc) is 2.39. The largest absolute Gasteiger partial charge is 0.478 e. The number of nitrogens with one attached hydrogen (secondary N) is 1. The lowest BCUT2D eigenvalue weighted by atomic mass is 10.1. The predicted octanol–water partition coefficient (Wildman–Crippen LogP) is 2.03. The Hall–Kier alpha value is -1.79. The molecule has 3 N–H and O–H groups in total. The fourth-order valence-corrected chi connectivity index (χ4v) is 2.30. The molecule has 7 heteroatoms. The fraction of sp³-hybridized carbons (Fsp3) is 0.385. The SMILES string of the molecule is O=C(O)c1ccc(NC(=O)N2CCC(O)CC2)cc1Cl. The number of carbonyl (C=O) groups excluding carboxylic acids is 1. The van der Waals surface area contributed by atoms with Gasteiger partial charge in [-0.25, -0.2) is 9.59 Å². The van der Waals surface area contributed by atoms with Crippen molar-refractivity contribution in [3.05, 3.63) is 28.8 Å². The van der Waals surface area contributed by atoms with Crippen LogP contribution in [0.25, 0.3) is 0 Å². The Morgan fingerprint density at radius 2 is 1.95 bits per heavy atom. The summed E-state index contributed by atoms with van der Waals surface area (Å²) in [5.74, 6) is -1.11. The zero-order valence-electron chi connectivity index (χ0n) is 10.7. The standard InChI is InChI=1S/C13H15ClN2O4/c14-11-7-8(1-2-10(11)12(18)19)15-13(20)16-5-3-9(17)4-6-16/h1-2,7,9,17H,3-6H2,(H,15,20)(H,18,19). The number of rotatable bonds is 2. The van der Waals surface area contributed by atoms with E-state index in [1.54, 1.807) is 4.90 Å². The molecule has 0 aromatic heterocycles. The second kappa shape index (κ2) is 6.11. The van der Waals surface area contributed by atoms with Gasteiger partial charge in [0.05, 0.1) is 16.7 Å². The van der Waals surface area contributed by atoms with Crippen LogP contribution in [0.4, 0.5) is 10.5 Å². The molecule has 6 nitrogen and oxygen atoms in total. The van der Waals surface area contributed by atoms with Gasteiger partial charge in [0.2, 0.25) is 0 Å². The predicted molar refractivity (Wildman–Crippen MR) is 74.2 cm³/mol. The van der Waals surface area contributed by atoms with Gasteiger partial charge in [-0.3, -0.25) is 0 Å². The number of aliphatic hydroxyl groups is 1. The summed E-state index contributed by atoms with van der Waals surface area (Å²) < 4.78 is 0. The number of piperidine rings is 1. The lowest BCUT2D eigenvalue weighted by Crippen LogP contribution is -2.42. The molecule has 0 spiro atoms. The fourth-order valence-electron chi connectivity index (χ4n) is 2.04. The van der Waals surface area contributed by atoms with Gasteiger partial charge in [-0.15, -0.1) is 0 Å². The number of carboxylic acids is 1. The second-order valence-electron chi connectivity index (χ2n) is 4.65. The van der Waals surface area contributed by atoms with E-state index in [0.717, 1.165) is 0 Å². The van der Waals surface area contributed by atoms with Gasteiger partial charge in [-0.1, -0.05) is 11.6 Å². The zero-order valence-corrected chi connectivity index (χ0v) is 11.4. The first-order valence-corrected chi connectivity index (χ1v) is 6.62. The molecule has 0 atom stereocenters. The number of hydrogen-bond donors (Lipinski definition) is 3. The van der Waals surface area contributed by atoms with Crippen LogP contribution in [0.2, 0.25) is 5.02 Å². The highest BCUT2D eigenvalue weighted by Gasteiger charge is 2.21. The van der Waals surface area contributed by atoms with Crippen molar-refractivity contribution in [2.45, 2.75) is 18.9 Å². The molecule has 1 saturated heterocycles. The molecule has 1 aliphatic heterocycles. The van der Waals surface area contributed by atoms with Gasteiger partial charge in [0.1, 0.15) is 0 Å². The van der Waals surface area contributed by atoms with Crippen molar-refractivity contribution >= 4 is 29.3 Å². The Labute approximate surface area is 121 Å². The van der Waals surface area contributed by atoms with E-state index in [4.69, 9.17) is 16.7 Å². The van der Waals surface area contributed by atoms with Crippen LogP contribution in [-0.4, -0.2) is 46.3 Å². The van der Waals surface area contributed by atoms with Crippen molar-refractivity contribution < 1.29 is 19.8 Å². The summed E-state index contributed by atoms with van der Waals surface area (Å²) in [5, 5.41) is 21.0. The Morgan fingerprint density at radius 1 is 1.30 bits per heavy atom. The van der Waals surface area contributed by atoms with Crippen LogP contribution < -0.4 is 5.32 Å². The molecule has 20 heavy (non-hydrogen) atoms. The van der Waals surface area contributed by atoms with E-state index in [2.05, 4.69) is 5.32 Å². The minimum absolute atomic E-state index is 0.00856. The van der Waals surface area contributed by atoms with Crippen LogP contribution >= 0.6 is 11.6 Å². The summed E-state index contributed by atoms with van der Waals surface area (Å²) in [7, 11) is 0. The zero-order chi connectivity index (χ0) is 14.7. The molecular formula is C13H15ClN2O4. The Kier molecular flexibility index (Phi) is 4.46. The summed E-state index contributed by atoms with van der Waals surface area (Å²) in [5.41, 5.74) is 0.432. The number of benzene rings is 1. The van der Waals surface area contributed by atoms with Crippen molar-refractivity contribution in [1.29, 1.82) is 0 Å². The van der Waals surface area contributed by atoms with Crippen molar-refractivity contribution in [2.24, 2.45) is 0 Å². The van der Waals surface area contributed by atoms with E-state index in [9.17, 15) is 14.7 Å². The van der Waals surface area contributed by atoms with Gasteiger partial charge >= 0.3 is 12.0 Å². The first-order valence-electron chi connectivity index (χ1n) is 6.24. The first kappa shape index (κ1) is 14.6. The van der Waals surface area contributed by atoms with E-state index < -0.39 is 5.97 Å². The Morgan fingerprint density at radius 3 is 2.50 bits per heavy atom. The van der Waals surface area contributed by atoms with Crippen molar-refractivity contribution in [2.75, 3.05) is 18.4 Å². The van der Waals surface area contributed by atoms with Crippen LogP contribution in [0.15, 0.2) is 18.2 Å². The molecule has 108 valence electrons. The molecule has 0 unspecified atom stereocenters. The molecule has 0 bridgehead atoms. The average molecular weight is 299 g/mol. The summed E-state index contributed by atoms with van der Waals surface area (Å²) in [6.07, 6.45) is 0.779. The van der Waals surface area contributed by atoms with Crippen molar-refractivity contribution in [3.8, 4) is 0 Å². The lowest BCUT2D eigenvalue weighted by molar-refractivity contribution is 0.0697. The van der Waals surface area contributed by atoms with E-state index in [1.807, 2.05) is 0 Å². The van der Waals surface area contributed by atoms with E-state index in [-0.39, 0.29) is 22.7 Å². The third-order valence-electron chi connectivity index (χ3n) is 3.20. The first-order chi connectivity index (χ1) is 9.47.